The van der Waals surface area contributed by atoms with Crippen LogP contribution in [0.1, 0.15) is 22.3 Å². The monoisotopic (exact) mass is 768 g/mol. The smallest absolute Gasteiger partial charge is 0.227 e. The first-order valence-electron chi connectivity index (χ1n) is 20.2. The zero-order chi connectivity index (χ0) is 39.4. The number of fused-ring (bicyclic) bond motifs is 13. The van der Waals surface area contributed by atoms with E-state index in [-0.39, 0.29) is 0 Å². The minimum atomic E-state index is -0.587. The van der Waals surface area contributed by atoms with Crippen molar-refractivity contribution in [3.05, 3.63) is 216 Å². The zero-order valence-electron chi connectivity index (χ0n) is 32.1. The Bertz CT molecular complexity index is 3350. The summed E-state index contributed by atoms with van der Waals surface area (Å²) in [5.74, 6) is 2.84. The summed E-state index contributed by atoms with van der Waals surface area (Å²) < 4.78 is 19.3. The van der Waals surface area contributed by atoms with Crippen LogP contribution >= 0.6 is 0 Å². The summed E-state index contributed by atoms with van der Waals surface area (Å²) in [5.41, 5.74) is 15.8. The quantitative estimate of drug-likeness (QED) is 0.178. The van der Waals surface area contributed by atoms with Gasteiger partial charge in [-0.15, -0.1) is 0 Å². The molecule has 0 bridgehead atoms. The number of hydrogen-bond donors (Lipinski definition) is 0. The molecule has 0 N–H and O–H groups in total. The van der Waals surface area contributed by atoms with Gasteiger partial charge in [0.15, 0.2) is 11.2 Å². The molecule has 1 aliphatic carbocycles. The fourth-order valence-corrected chi connectivity index (χ4v) is 9.76. The van der Waals surface area contributed by atoms with Gasteiger partial charge in [0.1, 0.15) is 22.5 Å². The van der Waals surface area contributed by atoms with Gasteiger partial charge in [0.2, 0.25) is 11.8 Å². The lowest BCUT2D eigenvalue weighted by Gasteiger charge is -2.39. The number of nitrogens with zero attached hydrogens (tertiary/aromatic N) is 2. The van der Waals surface area contributed by atoms with E-state index in [1.165, 1.54) is 33.0 Å². The Balaban J connectivity index is 1.01. The van der Waals surface area contributed by atoms with E-state index in [0.29, 0.717) is 11.8 Å². The van der Waals surface area contributed by atoms with Crippen LogP contribution < -0.4 is 4.74 Å². The Kier molecular flexibility index (Phi) is 6.87. The van der Waals surface area contributed by atoms with Gasteiger partial charge >= 0.3 is 0 Å². The first-order chi connectivity index (χ1) is 29.7. The Morgan fingerprint density at radius 2 is 0.917 bits per heavy atom. The lowest BCUT2D eigenvalue weighted by Crippen LogP contribution is -2.32. The fourth-order valence-electron chi connectivity index (χ4n) is 9.76. The van der Waals surface area contributed by atoms with E-state index >= 15 is 0 Å². The lowest BCUT2D eigenvalue weighted by molar-refractivity contribution is 0.436. The van der Waals surface area contributed by atoms with Gasteiger partial charge in [-0.3, -0.25) is 0 Å². The van der Waals surface area contributed by atoms with Gasteiger partial charge in [0.25, 0.3) is 0 Å². The highest BCUT2D eigenvalue weighted by atomic mass is 16.5. The Morgan fingerprint density at radius 3 is 1.60 bits per heavy atom. The predicted molar refractivity (Wildman–Crippen MR) is 238 cm³/mol. The van der Waals surface area contributed by atoms with Crippen molar-refractivity contribution in [2.75, 3.05) is 0 Å². The van der Waals surface area contributed by atoms with Crippen molar-refractivity contribution in [1.82, 2.24) is 9.97 Å². The van der Waals surface area contributed by atoms with Crippen molar-refractivity contribution in [3.63, 3.8) is 0 Å². The van der Waals surface area contributed by atoms with Gasteiger partial charge in [0, 0.05) is 22.3 Å². The highest BCUT2D eigenvalue weighted by Gasteiger charge is 2.51. The van der Waals surface area contributed by atoms with Crippen molar-refractivity contribution in [2.45, 2.75) is 5.41 Å². The van der Waals surface area contributed by atoms with E-state index < -0.39 is 5.41 Å². The molecule has 0 saturated carbocycles. The third-order valence-electron chi connectivity index (χ3n) is 12.4. The minimum Gasteiger partial charge on any atom is -0.457 e. The highest BCUT2D eigenvalue weighted by molar-refractivity contribution is 6.05. The van der Waals surface area contributed by atoms with Crippen molar-refractivity contribution >= 4 is 33.0 Å². The topological polar surface area (TPSA) is 61.3 Å². The van der Waals surface area contributed by atoms with Crippen LogP contribution in [-0.4, -0.2) is 9.97 Å². The predicted octanol–water partition coefficient (Wildman–Crippen LogP) is 14.3. The lowest BCUT2D eigenvalue weighted by atomic mass is 9.66. The van der Waals surface area contributed by atoms with Crippen LogP contribution in [-0.2, 0) is 5.41 Å². The van der Waals surface area contributed by atoms with E-state index in [4.69, 9.17) is 23.5 Å². The number of benzene rings is 9. The molecule has 9 aromatic carbocycles. The molecule has 1 aliphatic heterocycles. The number of ether oxygens (including phenoxy) is 1. The van der Waals surface area contributed by atoms with Crippen LogP contribution in [0.3, 0.4) is 0 Å². The molecule has 2 aromatic heterocycles. The largest absolute Gasteiger partial charge is 0.457 e. The van der Waals surface area contributed by atoms with Crippen LogP contribution in [0, 0.1) is 0 Å². The number of aromatic nitrogens is 2. The van der Waals surface area contributed by atoms with E-state index in [1.54, 1.807) is 0 Å². The van der Waals surface area contributed by atoms with Crippen LogP contribution in [0.15, 0.2) is 203 Å². The molecule has 5 heteroatoms. The minimum absolute atomic E-state index is 0.541. The second-order valence-electron chi connectivity index (χ2n) is 15.7. The molecule has 0 fully saturated rings. The van der Waals surface area contributed by atoms with Crippen LogP contribution in [0.25, 0.3) is 89.3 Å². The summed E-state index contributed by atoms with van der Waals surface area (Å²) in [5, 5.41) is 2.47. The van der Waals surface area contributed by atoms with E-state index in [0.717, 1.165) is 78.2 Å². The van der Waals surface area contributed by atoms with Gasteiger partial charge in [-0.25, -0.2) is 9.97 Å². The average molecular weight is 769 g/mol. The summed E-state index contributed by atoms with van der Waals surface area (Å²) >= 11 is 0. The molecule has 11 aromatic rings. The second kappa shape index (κ2) is 12.5. The van der Waals surface area contributed by atoms with Crippen molar-refractivity contribution < 1.29 is 13.6 Å². The molecular weight excluding hydrogens is 737 g/mol. The molecular formula is C55H32N2O3. The Morgan fingerprint density at radius 1 is 0.367 bits per heavy atom. The molecule has 13 rings (SSSR count). The van der Waals surface area contributed by atoms with Crippen LogP contribution in [0.4, 0.5) is 0 Å². The molecule has 0 saturated heterocycles. The second-order valence-corrected chi connectivity index (χ2v) is 15.7. The summed E-state index contributed by atoms with van der Waals surface area (Å²) in [6.07, 6.45) is 0. The Hall–Kier alpha value is -8.02. The molecule has 3 heterocycles. The van der Waals surface area contributed by atoms with Gasteiger partial charge in [-0.05, 0) is 122 Å². The average Bonchev–Trinajstić information content (AvgIpc) is 4.03. The molecule has 0 atom stereocenters. The SMILES string of the molecule is c1cc(-c2cc(-c3nc4ccccc4o3)cc(-c3nc4ccccc4o3)c2)cc(-c2ccc3c(c2)C2(c4ccccc4Oc4ccccc42)c2ccc4ccccc4c2-3)c1. The van der Waals surface area contributed by atoms with Crippen molar-refractivity contribution in [3.8, 4) is 67.8 Å². The fraction of sp³-hybridized carbons (Fsp3) is 0.0182. The number of para-hydroxylation sites is 6. The number of hydrogen-bond acceptors (Lipinski definition) is 5. The normalized spacial score (nSPS) is 13.3. The maximum atomic E-state index is 6.66. The van der Waals surface area contributed by atoms with Crippen LogP contribution in [0.5, 0.6) is 11.5 Å². The number of oxazole rings is 2. The van der Waals surface area contributed by atoms with Crippen LogP contribution in [0.2, 0.25) is 0 Å². The van der Waals surface area contributed by atoms with Gasteiger partial charge in [-0.2, -0.15) is 0 Å². The third-order valence-corrected chi connectivity index (χ3v) is 12.4. The maximum Gasteiger partial charge on any atom is 0.227 e. The Labute approximate surface area is 344 Å². The molecule has 60 heavy (non-hydrogen) atoms. The molecule has 0 amide bonds. The molecule has 5 nitrogen and oxygen atoms in total. The van der Waals surface area contributed by atoms with Gasteiger partial charge in [0.05, 0.1) is 5.41 Å². The summed E-state index contributed by atoms with van der Waals surface area (Å²) in [6, 6.07) is 68.3. The molecule has 0 unspecified atom stereocenters. The van der Waals surface area contributed by atoms with Gasteiger partial charge in [-0.1, -0.05) is 127 Å². The van der Waals surface area contributed by atoms with Crippen molar-refractivity contribution in [2.24, 2.45) is 0 Å². The summed E-state index contributed by atoms with van der Waals surface area (Å²) in [6.45, 7) is 0. The van der Waals surface area contributed by atoms with Crippen molar-refractivity contribution in [1.29, 1.82) is 0 Å². The first kappa shape index (κ1) is 33.0. The highest BCUT2D eigenvalue weighted by Crippen LogP contribution is 2.63. The van der Waals surface area contributed by atoms with E-state index in [9.17, 15) is 0 Å². The molecule has 280 valence electrons. The van der Waals surface area contributed by atoms with E-state index in [1.807, 2.05) is 54.6 Å². The first-order valence-corrected chi connectivity index (χ1v) is 20.2. The summed E-state index contributed by atoms with van der Waals surface area (Å²) in [7, 11) is 0. The van der Waals surface area contributed by atoms with Gasteiger partial charge < -0.3 is 13.6 Å². The number of rotatable bonds is 4. The maximum absolute atomic E-state index is 6.66. The third kappa shape index (κ3) is 4.74. The molecule has 0 radical (unpaired) electrons. The molecule has 1 spiro atoms. The standard InChI is InChI=1S/C55H32N2O3/c1-2-15-40-33(12-1)25-27-44-52(40)41-26-24-36(32-45(41)55(44)42-16-3-7-20-48(42)58-49-21-8-4-17-43(49)55)34-13-11-14-35(28-34)37-29-38(53-56-46-18-5-9-22-50(46)59-53)31-39(30-37)54-57-47-19-6-10-23-51(47)60-54/h1-32H. The summed E-state index contributed by atoms with van der Waals surface area (Å²) in [4.78, 5) is 9.75. The molecule has 2 aliphatic rings. The zero-order valence-corrected chi connectivity index (χ0v) is 32.1. The van der Waals surface area contributed by atoms with E-state index in [2.05, 4.69) is 140 Å².